The molecular weight excluding hydrogens is 337 g/mol. The van der Waals surface area contributed by atoms with E-state index in [4.69, 9.17) is 27.9 Å². The number of nitrogens with one attached hydrogen (secondary N) is 1. The van der Waals surface area contributed by atoms with Crippen molar-refractivity contribution in [3.63, 3.8) is 0 Å². The molecule has 2 rings (SSSR count). The van der Waals surface area contributed by atoms with Crippen LogP contribution >= 0.6 is 23.2 Å². The SMILES string of the molecule is Cc1ccccc1NC(=O)COC(=O)Cc1ccc(Cl)cc1Cl. The maximum Gasteiger partial charge on any atom is 0.310 e. The molecule has 0 saturated heterocycles. The van der Waals surface area contributed by atoms with Gasteiger partial charge in [0.25, 0.3) is 5.91 Å². The molecular formula is C17H15Cl2NO3. The van der Waals surface area contributed by atoms with Gasteiger partial charge in [-0.2, -0.15) is 0 Å². The van der Waals surface area contributed by atoms with Crippen molar-refractivity contribution in [1.82, 2.24) is 0 Å². The first kappa shape index (κ1) is 17.3. The fourth-order valence-electron chi connectivity index (χ4n) is 1.92. The molecule has 0 aliphatic carbocycles. The third-order valence-electron chi connectivity index (χ3n) is 3.13. The van der Waals surface area contributed by atoms with E-state index in [9.17, 15) is 9.59 Å². The first-order valence-electron chi connectivity index (χ1n) is 6.91. The summed E-state index contributed by atoms with van der Waals surface area (Å²) >= 11 is 11.8. The lowest BCUT2D eigenvalue weighted by atomic mass is 10.1. The molecule has 0 aromatic heterocycles. The minimum absolute atomic E-state index is 0.0202. The molecule has 0 spiro atoms. The normalized spacial score (nSPS) is 10.2. The number of aryl methyl sites for hydroxylation is 1. The van der Waals surface area contributed by atoms with Gasteiger partial charge in [0.15, 0.2) is 6.61 Å². The van der Waals surface area contributed by atoms with Crippen LogP contribution in [-0.4, -0.2) is 18.5 Å². The Kier molecular flexibility index (Phi) is 6.02. The molecule has 0 aliphatic rings. The quantitative estimate of drug-likeness (QED) is 0.827. The molecule has 4 nitrogen and oxygen atoms in total. The molecule has 0 fully saturated rings. The van der Waals surface area contributed by atoms with Gasteiger partial charge in [-0.1, -0.05) is 47.5 Å². The van der Waals surface area contributed by atoms with Crippen LogP contribution in [0.1, 0.15) is 11.1 Å². The predicted molar refractivity (Wildman–Crippen MR) is 90.9 cm³/mol. The lowest BCUT2D eigenvalue weighted by Gasteiger charge is -2.09. The number of hydrogen-bond acceptors (Lipinski definition) is 3. The van der Waals surface area contributed by atoms with Gasteiger partial charge < -0.3 is 10.1 Å². The van der Waals surface area contributed by atoms with Crippen molar-refractivity contribution in [2.75, 3.05) is 11.9 Å². The van der Waals surface area contributed by atoms with Gasteiger partial charge >= 0.3 is 5.97 Å². The van der Waals surface area contributed by atoms with Crippen LogP contribution in [0.5, 0.6) is 0 Å². The van der Waals surface area contributed by atoms with Gasteiger partial charge in [0.1, 0.15) is 0 Å². The number of esters is 1. The number of ether oxygens (including phenoxy) is 1. The molecule has 0 saturated carbocycles. The fraction of sp³-hybridized carbons (Fsp3) is 0.176. The van der Waals surface area contributed by atoms with Crippen molar-refractivity contribution >= 4 is 40.8 Å². The van der Waals surface area contributed by atoms with Gasteiger partial charge in [-0.15, -0.1) is 0 Å². The molecule has 0 unspecified atom stereocenters. The Balaban J connectivity index is 1.84. The molecule has 2 aromatic rings. The van der Waals surface area contributed by atoms with Gasteiger partial charge in [-0.3, -0.25) is 9.59 Å². The Morgan fingerprint density at radius 3 is 2.57 bits per heavy atom. The maximum absolute atomic E-state index is 11.8. The second-order valence-electron chi connectivity index (χ2n) is 4.94. The predicted octanol–water partition coefficient (Wildman–Crippen LogP) is 4.03. The molecule has 120 valence electrons. The van der Waals surface area contributed by atoms with Crippen molar-refractivity contribution in [2.45, 2.75) is 13.3 Å². The minimum atomic E-state index is -0.533. The van der Waals surface area contributed by atoms with Gasteiger partial charge in [-0.25, -0.2) is 0 Å². The average molecular weight is 352 g/mol. The molecule has 0 atom stereocenters. The Morgan fingerprint density at radius 2 is 1.87 bits per heavy atom. The van der Waals surface area contributed by atoms with Crippen LogP contribution < -0.4 is 5.32 Å². The summed E-state index contributed by atoms with van der Waals surface area (Å²) in [5.41, 5.74) is 2.22. The maximum atomic E-state index is 11.8. The second-order valence-corrected chi connectivity index (χ2v) is 5.78. The van der Waals surface area contributed by atoms with Crippen molar-refractivity contribution in [2.24, 2.45) is 0 Å². The Hall–Kier alpha value is -2.04. The van der Waals surface area contributed by atoms with Crippen LogP contribution in [0.15, 0.2) is 42.5 Å². The molecule has 0 radical (unpaired) electrons. The van der Waals surface area contributed by atoms with E-state index in [-0.39, 0.29) is 13.0 Å². The third-order valence-corrected chi connectivity index (χ3v) is 3.72. The van der Waals surface area contributed by atoms with Gasteiger partial charge in [0, 0.05) is 15.7 Å². The summed E-state index contributed by atoms with van der Waals surface area (Å²) in [6.45, 7) is 1.53. The third kappa shape index (κ3) is 5.27. The van der Waals surface area contributed by atoms with E-state index in [2.05, 4.69) is 5.32 Å². The highest BCUT2D eigenvalue weighted by molar-refractivity contribution is 6.35. The Bertz CT molecular complexity index is 732. The molecule has 1 N–H and O–H groups in total. The van der Waals surface area contributed by atoms with Crippen molar-refractivity contribution in [3.8, 4) is 0 Å². The molecule has 0 aliphatic heterocycles. The van der Waals surface area contributed by atoms with Crippen LogP contribution in [0.25, 0.3) is 0 Å². The number of benzene rings is 2. The van der Waals surface area contributed by atoms with Crippen LogP contribution in [0.3, 0.4) is 0 Å². The zero-order chi connectivity index (χ0) is 16.8. The van der Waals surface area contributed by atoms with Gasteiger partial charge in [0.2, 0.25) is 0 Å². The number of hydrogen-bond donors (Lipinski definition) is 1. The van der Waals surface area contributed by atoms with Crippen LogP contribution in [0.4, 0.5) is 5.69 Å². The van der Waals surface area contributed by atoms with E-state index in [0.29, 0.717) is 21.3 Å². The molecule has 0 bridgehead atoms. The summed E-state index contributed by atoms with van der Waals surface area (Å²) in [4.78, 5) is 23.6. The van der Waals surface area contributed by atoms with E-state index < -0.39 is 11.9 Å². The van der Waals surface area contributed by atoms with E-state index in [0.717, 1.165) is 5.56 Å². The van der Waals surface area contributed by atoms with E-state index >= 15 is 0 Å². The monoisotopic (exact) mass is 351 g/mol. The molecule has 1 amide bonds. The fourth-order valence-corrected chi connectivity index (χ4v) is 2.39. The summed E-state index contributed by atoms with van der Waals surface area (Å²) < 4.78 is 4.96. The summed E-state index contributed by atoms with van der Waals surface area (Å²) in [6.07, 6.45) is -0.0202. The van der Waals surface area contributed by atoms with Crippen molar-refractivity contribution in [1.29, 1.82) is 0 Å². The van der Waals surface area contributed by atoms with Crippen molar-refractivity contribution < 1.29 is 14.3 Å². The average Bonchev–Trinajstić information content (AvgIpc) is 2.50. The van der Waals surface area contributed by atoms with Crippen LogP contribution in [-0.2, 0) is 20.7 Å². The zero-order valence-electron chi connectivity index (χ0n) is 12.4. The summed E-state index contributed by atoms with van der Waals surface area (Å²) in [5, 5.41) is 3.57. The number of halogens is 2. The highest BCUT2D eigenvalue weighted by atomic mass is 35.5. The smallest absolute Gasteiger partial charge is 0.310 e. The minimum Gasteiger partial charge on any atom is -0.455 e. The van der Waals surface area contributed by atoms with E-state index in [1.807, 2.05) is 25.1 Å². The molecule has 6 heteroatoms. The lowest BCUT2D eigenvalue weighted by molar-refractivity contribution is -0.146. The number of para-hydroxylation sites is 1. The first-order chi connectivity index (χ1) is 11.0. The zero-order valence-corrected chi connectivity index (χ0v) is 13.9. The number of carbonyl (C=O) groups excluding carboxylic acids is 2. The topological polar surface area (TPSA) is 55.4 Å². The molecule has 2 aromatic carbocycles. The summed E-state index contributed by atoms with van der Waals surface area (Å²) in [6, 6.07) is 12.2. The Labute approximate surface area is 144 Å². The van der Waals surface area contributed by atoms with E-state index in [1.54, 1.807) is 24.3 Å². The van der Waals surface area contributed by atoms with Gasteiger partial charge in [0.05, 0.1) is 6.42 Å². The molecule has 0 heterocycles. The summed E-state index contributed by atoms with van der Waals surface area (Å²) in [5.74, 6) is -0.927. The number of anilines is 1. The molecule has 23 heavy (non-hydrogen) atoms. The van der Waals surface area contributed by atoms with Crippen LogP contribution in [0, 0.1) is 6.92 Å². The highest BCUT2D eigenvalue weighted by Crippen LogP contribution is 2.21. The standard InChI is InChI=1S/C17H15Cl2NO3/c1-11-4-2-3-5-15(11)20-16(21)10-23-17(22)8-12-6-7-13(18)9-14(12)19/h2-7,9H,8,10H2,1H3,(H,20,21). The number of amides is 1. The first-order valence-corrected chi connectivity index (χ1v) is 7.66. The lowest BCUT2D eigenvalue weighted by Crippen LogP contribution is -2.22. The van der Waals surface area contributed by atoms with Crippen LogP contribution in [0.2, 0.25) is 10.0 Å². The Morgan fingerprint density at radius 1 is 1.13 bits per heavy atom. The summed E-state index contributed by atoms with van der Waals surface area (Å²) in [7, 11) is 0. The second kappa shape index (κ2) is 7.99. The highest BCUT2D eigenvalue weighted by Gasteiger charge is 2.11. The number of rotatable bonds is 5. The largest absolute Gasteiger partial charge is 0.455 e. The van der Waals surface area contributed by atoms with E-state index in [1.165, 1.54) is 0 Å². The van der Waals surface area contributed by atoms with Crippen molar-refractivity contribution in [3.05, 3.63) is 63.6 Å². The van der Waals surface area contributed by atoms with Gasteiger partial charge in [-0.05, 0) is 36.2 Å². The number of carbonyl (C=O) groups is 2.